The molecule has 0 atom stereocenters. The van der Waals surface area contributed by atoms with Crippen LogP contribution in [0.4, 0.5) is 5.69 Å². The van der Waals surface area contributed by atoms with Gasteiger partial charge < -0.3 is 15.5 Å². The van der Waals surface area contributed by atoms with Gasteiger partial charge >= 0.3 is 5.97 Å². The second-order valence-electron chi connectivity index (χ2n) is 2.66. The third-order valence-corrected chi connectivity index (χ3v) is 1.64. The monoisotopic (exact) mass is 207 g/mol. The number of carboxylic acid groups (broad SMARTS) is 1. The number of aromatic carboxylic acids is 1. The smallest absolute Gasteiger partial charge is 0.337 e. The Kier molecular flexibility index (Phi) is 3.45. The van der Waals surface area contributed by atoms with Crippen LogP contribution in [0.15, 0.2) is 36.6 Å². The Morgan fingerprint density at radius 2 is 1.93 bits per heavy atom. The van der Waals surface area contributed by atoms with E-state index < -0.39 is 11.9 Å². The molecule has 5 heteroatoms. The molecule has 0 aliphatic rings. The average Bonchev–Trinajstić information content (AvgIpc) is 2.18. The number of aliphatic hydroxyl groups is 1. The Balaban J connectivity index is 2.94. The van der Waals surface area contributed by atoms with Gasteiger partial charge in [-0.25, -0.2) is 4.79 Å². The van der Waals surface area contributed by atoms with Crippen molar-refractivity contribution < 1.29 is 19.8 Å². The molecule has 0 aromatic heterocycles. The van der Waals surface area contributed by atoms with Crippen molar-refractivity contribution in [3.63, 3.8) is 0 Å². The van der Waals surface area contributed by atoms with E-state index >= 15 is 0 Å². The first-order chi connectivity index (χ1) is 7.15. The molecule has 1 aromatic carbocycles. The largest absolute Gasteiger partial charge is 0.515 e. The number of carboxylic acids is 1. The maximum atomic E-state index is 11.0. The molecule has 0 spiro atoms. The third-order valence-electron chi connectivity index (χ3n) is 1.64. The fraction of sp³-hybridized carbons (Fsp3) is 0. The van der Waals surface area contributed by atoms with Crippen LogP contribution < -0.4 is 5.32 Å². The number of hydrogen-bond donors (Lipinski definition) is 3. The Bertz CT molecular complexity index is 412. The van der Waals surface area contributed by atoms with Gasteiger partial charge in [-0.1, -0.05) is 12.1 Å². The minimum absolute atomic E-state index is 0.00260. The van der Waals surface area contributed by atoms with Gasteiger partial charge in [-0.05, 0) is 12.1 Å². The normalized spacial score (nSPS) is 10.1. The lowest BCUT2D eigenvalue weighted by molar-refractivity contribution is -0.112. The SMILES string of the molecule is O=C(/C=C/O)Nc1ccccc1C(=O)O. The van der Waals surface area contributed by atoms with E-state index in [0.29, 0.717) is 6.26 Å². The summed E-state index contributed by atoms with van der Waals surface area (Å²) >= 11 is 0. The minimum Gasteiger partial charge on any atom is -0.515 e. The molecule has 0 bridgehead atoms. The number of carbonyl (C=O) groups is 2. The average molecular weight is 207 g/mol. The zero-order chi connectivity index (χ0) is 11.3. The molecule has 0 aliphatic heterocycles. The maximum Gasteiger partial charge on any atom is 0.337 e. The zero-order valence-electron chi connectivity index (χ0n) is 7.68. The molecular formula is C10H9NO4. The molecule has 1 rings (SSSR count). The van der Waals surface area contributed by atoms with Crippen molar-refractivity contribution in [1.82, 2.24) is 0 Å². The summed E-state index contributed by atoms with van der Waals surface area (Å²) in [5.74, 6) is -1.72. The summed E-state index contributed by atoms with van der Waals surface area (Å²) in [6, 6.07) is 6.00. The van der Waals surface area contributed by atoms with Crippen LogP contribution in [0.2, 0.25) is 0 Å². The number of carbonyl (C=O) groups excluding carboxylic acids is 1. The lowest BCUT2D eigenvalue weighted by atomic mass is 10.2. The van der Waals surface area contributed by atoms with Gasteiger partial charge in [0.1, 0.15) is 0 Å². The zero-order valence-corrected chi connectivity index (χ0v) is 7.68. The molecule has 1 amide bonds. The number of aliphatic hydroxyl groups excluding tert-OH is 1. The van der Waals surface area contributed by atoms with Gasteiger partial charge in [-0.3, -0.25) is 4.79 Å². The molecule has 0 radical (unpaired) electrons. The number of benzene rings is 1. The van der Waals surface area contributed by atoms with Crippen LogP contribution in [0.25, 0.3) is 0 Å². The second kappa shape index (κ2) is 4.80. The van der Waals surface area contributed by atoms with E-state index in [9.17, 15) is 9.59 Å². The van der Waals surface area contributed by atoms with Gasteiger partial charge in [0.05, 0.1) is 17.5 Å². The summed E-state index contributed by atoms with van der Waals surface area (Å²) in [5, 5.41) is 19.5. The number of para-hydroxylation sites is 1. The van der Waals surface area contributed by atoms with Crippen LogP contribution >= 0.6 is 0 Å². The van der Waals surface area contributed by atoms with Crippen molar-refractivity contribution in [3.8, 4) is 0 Å². The third kappa shape index (κ3) is 2.84. The highest BCUT2D eigenvalue weighted by Crippen LogP contribution is 2.14. The Morgan fingerprint density at radius 1 is 1.27 bits per heavy atom. The minimum atomic E-state index is -1.13. The molecule has 0 saturated carbocycles. The van der Waals surface area contributed by atoms with E-state index in [0.717, 1.165) is 6.08 Å². The van der Waals surface area contributed by atoms with Crippen molar-refractivity contribution in [2.75, 3.05) is 5.32 Å². The van der Waals surface area contributed by atoms with Gasteiger partial charge in [0.2, 0.25) is 0 Å². The van der Waals surface area contributed by atoms with Crippen LogP contribution in [0, 0.1) is 0 Å². The fourth-order valence-electron chi connectivity index (χ4n) is 1.02. The van der Waals surface area contributed by atoms with E-state index in [2.05, 4.69) is 5.32 Å². The molecule has 5 nitrogen and oxygen atoms in total. The second-order valence-corrected chi connectivity index (χ2v) is 2.66. The fourth-order valence-corrected chi connectivity index (χ4v) is 1.02. The number of nitrogens with one attached hydrogen (secondary N) is 1. The summed E-state index contributed by atoms with van der Waals surface area (Å²) in [6.45, 7) is 0. The molecule has 0 saturated heterocycles. The molecule has 78 valence electrons. The van der Waals surface area contributed by atoms with Gasteiger partial charge in [0.15, 0.2) is 0 Å². The predicted octanol–water partition coefficient (Wildman–Crippen LogP) is 1.40. The Hall–Kier alpha value is -2.30. The van der Waals surface area contributed by atoms with Crippen LogP contribution in [0.3, 0.4) is 0 Å². The van der Waals surface area contributed by atoms with Crippen LogP contribution in [0.5, 0.6) is 0 Å². The van der Waals surface area contributed by atoms with E-state index in [1.165, 1.54) is 12.1 Å². The highest BCUT2D eigenvalue weighted by Gasteiger charge is 2.09. The maximum absolute atomic E-state index is 11.0. The molecule has 3 N–H and O–H groups in total. The predicted molar refractivity (Wildman–Crippen MR) is 53.8 cm³/mol. The van der Waals surface area contributed by atoms with Gasteiger partial charge in [0.25, 0.3) is 5.91 Å². The van der Waals surface area contributed by atoms with Crippen molar-refractivity contribution >= 4 is 17.6 Å². The van der Waals surface area contributed by atoms with Gasteiger partial charge in [-0.2, -0.15) is 0 Å². The lowest BCUT2D eigenvalue weighted by Gasteiger charge is -2.05. The summed E-state index contributed by atoms with van der Waals surface area (Å²) in [6.07, 6.45) is 1.47. The van der Waals surface area contributed by atoms with Crippen LogP contribution in [-0.2, 0) is 4.79 Å². The highest BCUT2D eigenvalue weighted by molar-refractivity contribution is 6.04. The van der Waals surface area contributed by atoms with Crippen molar-refractivity contribution in [3.05, 3.63) is 42.2 Å². The van der Waals surface area contributed by atoms with Crippen molar-refractivity contribution in [2.24, 2.45) is 0 Å². The van der Waals surface area contributed by atoms with Crippen molar-refractivity contribution in [1.29, 1.82) is 0 Å². The lowest BCUT2D eigenvalue weighted by Crippen LogP contribution is -2.11. The number of anilines is 1. The van der Waals surface area contributed by atoms with Gasteiger partial charge in [-0.15, -0.1) is 0 Å². The molecule has 15 heavy (non-hydrogen) atoms. The van der Waals surface area contributed by atoms with E-state index in [1.807, 2.05) is 0 Å². The Labute approximate surface area is 85.7 Å². The Morgan fingerprint density at radius 3 is 2.53 bits per heavy atom. The van der Waals surface area contributed by atoms with Gasteiger partial charge in [0, 0.05) is 6.08 Å². The number of rotatable bonds is 3. The number of amides is 1. The quantitative estimate of drug-likeness (QED) is 0.516. The highest BCUT2D eigenvalue weighted by atomic mass is 16.4. The topological polar surface area (TPSA) is 86.6 Å². The summed E-state index contributed by atoms with van der Waals surface area (Å²) in [5.41, 5.74) is 0.185. The molecule has 0 unspecified atom stereocenters. The number of hydrogen-bond acceptors (Lipinski definition) is 3. The molecule has 0 fully saturated rings. The first-order valence-corrected chi connectivity index (χ1v) is 4.09. The van der Waals surface area contributed by atoms with Crippen LogP contribution in [-0.4, -0.2) is 22.1 Å². The molecule has 0 heterocycles. The summed E-state index contributed by atoms with van der Waals surface area (Å²) in [4.78, 5) is 21.8. The van der Waals surface area contributed by atoms with E-state index in [-0.39, 0.29) is 11.3 Å². The van der Waals surface area contributed by atoms with E-state index in [4.69, 9.17) is 10.2 Å². The summed E-state index contributed by atoms with van der Waals surface area (Å²) < 4.78 is 0. The molecular weight excluding hydrogens is 198 g/mol. The first kappa shape index (κ1) is 10.8. The molecule has 1 aromatic rings. The summed E-state index contributed by atoms with van der Waals surface area (Å²) in [7, 11) is 0. The van der Waals surface area contributed by atoms with Crippen molar-refractivity contribution in [2.45, 2.75) is 0 Å². The first-order valence-electron chi connectivity index (χ1n) is 4.09. The molecule has 0 aliphatic carbocycles. The van der Waals surface area contributed by atoms with Crippen LogP contribution in [0.1, 0.15) is 10.4 Å². The van der Waals surface area contributed by atoms with E-state index in [1.54, 1.807) is 12.1 Å². The standard InChI is InChI=1S/C10H9NO4/c12-6-5-9(13)11-8-4-2-1-3-7(8)10(14)15/h1-6,12H,(H,11,13)(H,14,15)/b6-5+.